The zero-order chi connectivity index (χ0) is 28.2. The Hall–Kier alpha value is -3.98. The molecule has 0 spiro atoms. The second-order valence-electron chi connectivity index (χ2n) is 10.7. The van der Waals surface area contributed by atoms with Crippen LogP contribution in [0.3, 0.4) is 0 Å². The average Bonchev–Trinajstić information content (AvgIpc) is 3.35. The molecule has 40 heavy (non-hydrogen) atoms. The highest BCUT2D eigenvalue weighted by Gasteiger charge is 2.52. The molecule has 2 aromatic carbocycles. The van der Waals surface area contributed by atoms with E-state index in [9.17, 15) is 22.0 Å². The number of hydrogen-bond acceptors (Lipinski definition) is 5. The summed E-state index contributed by atoms with van der Waals surface area (Å²) in [6.07, 6.45) is 6.25. The predicted octanol–water partition coefficient (Wildman–Crippen LogP) is 6.00. The molecule has 0 aliphatic heterocycles. The molecule has 1 fully saturated rings. The summed E-state index contributed by atoms with van der Waals surface area (Å²) in [7, 11) is -3.86. The molecular formula is C31H27F2N3O3S. The van der Waals surface area contributed by atoms with E-state index in [1.54, 1.807) is 35.3 Å². The van der Waals surface area contributed by atoms with Gasteiger partial charge >= 0.3 is 0 Å². The number of hydrogen-bond donors (Lipinski definition) is 0. The van der Waals surface area contributed by atoms with Gasteiger partial charge in [-0.2, -0.15) is 5.10 Å². The number of aryl methyl sites for hydroxylation is 2. The van der Waals surface area contributed by atoms with Gasteiger partial charge in [-0.15, -0.1) is 0 Å². The van der Waals surface area contributed by atoms with Crippen molar-refractivity contribution in [3.63, 3.8) is 0 Å². The molecule has 1 saturated carbocycles. The lowest BCUT2D eigenvalue weighted by molar-refractivity contribution is 0.0796. The normalized spacial score (nSPS) is 20.4. The van der Waals surface area contributed by atoms with Crippen molar-refractivity contribution in [3.8, 4) is 5.69 Å². The molecule has 6 rings (SSSR count). The van der Waals surface area contributed by atoms with Gasteiger partial charge in [0.25, 0.3) is 0 Å². The summed E-state index contributed by atoms with van der Waals surface area (Å²) in [5.74, 6) is -1.05. The van der Waals surface area contributed by atoms with Crippen molar-refractivity contribution in [3.05, 3.63) is 112 Å². The molecule has 0 radical (unpaired) electrons. The SMILES string of the molecule is Cc1ccnc(C(=O)[C@]23Cc4cnn(-c5ccc(F)cc5)c4C=C2CC[C@@H](S(=O)(=O)c2ccc(F)c(C)c2)C3)c1. The molecule has 0 bridgehead atoms. The lowest BCUT2D eigenvalue weighted by Crippen LogP contribution is -2.45. The van der Waals surface area contributed by atoms with E-state index in [2.05, 4.69) is 10.1 Å². The van der Waals surface area contributed by atoms with Crippen molar-refractivity contribution in [2.45, 2.75) is 49.7 Å². The second-order valence-corrected chi connectivity index (χ2v) is 13.0. The van der Waals surface area contributed by atoms with E-state index in [4.69, 9.17) is 0 Å². The molecular weight excluding hydrogens is 532 g/mol. The number of carbonyl (C=O) groups is 1. The van der Waals surface area contributed by atoms with Crippen molar-refractivity contribution in [1.82, 2.24) is 14.8 Å². The van der Waals surface area contributed by atoms with Crippen LogP contribution in [0.5, 0.6) is 0 Å². The third-order valence-electron chi connectivity index (χ3n) is 8.17. The number of halogens is 2. The minimum Gasteiger partial charge on any atom is -0.291 e. The van der Waals surface area contributed by atoms with Crippen LogP contribution in [-0.2, 0) is 16.3 Å². The second kappa shape index (κ2) is 9.59. The van der Waals surface area contributed by atoms with E-state index in [-0.39, 0.29) is 40.6 Å². The Morgan fingerprint density at radius 2 is 1.82 bits per heavy atom. The number of aromatic nitrogens is 3. The van der Waals surface area contributed by atoms with Crippen LogP contribution in [0.25, 0.3) is 11.8 Å². The van der Waals surface area contributed by atoms with Crippen LogP contribution in [0.2, 0.25) is 0 Å². The first-order chi connectivity index (χ1) is 19.1. The summed E-state index contributed by atoms with van der Waals surface area (Å²) in [6, 6.07) is 13.4. The lowest BCUT2D eigenvalue weighted by atomic mass is 9.61. The summed E-state index contributed by atoms with van der Waals surface area (Å²) < 4.78 is 56.9. The monoisotopic (exact) mass is 559 g/mol. The molecule has 2 atom stereocenters. The molecule has 0 N–H and O–H groups in total. The Labute approximate surface area is 231 Å². The first kappa shape index (κ1) is 26.3. The zero-order valence-electron chi connectivity index (χ0n) is 22.1. The number of sulfone groups is 1. The summed E-state index contributed by atoms with van der Waals surface area (Å²) >= 11 is 0. The Morgan fingerprint density at radius 1 is 1.05 bits per heavy atom. The molecule has 2 heterocycles. The van der Waals surface area contributed by atoms with Crippen molar-refractivity contribution in [2.75, 3.05) is 0 Å². The van der Waals surface area contributed by atoms with Crippen molar-refractivity contribution in [1.29, 1.82) is 0 Å². The molecule has 6 nitrogen and oxygen atoms in total. The number of ketones is 1. The van der Waals surface area contributed by atoms with Gasteiger partial charge in [0, 0.05) is 6.20 Å². The fraction of sp³-hybridized carbons (Fsp3) is 0.258. The highest BCUT2D eigenvalue weighted by atomic mass is 32.2. The van der Waals surface area contributed by atoms with Crippen molar-refractivity contribution < 1.29 is 22.0 Å². The van der Waals surface area contributed by atoms with Crippen LogP contribution in [0.4, 0.5) is 8.78 Å². The van der Waals surface area contributed by atoms with Gasteiger partial charge in [0.15, 0.2) is 15.6 Å². The first-order valence-electron chi connectivity index (χ1n) is 13.1. The van der Waals surface area contributed by atoms with E-state index in [1.165, 1.54) is 37.3 Å². The number of allylic oxidation sites excluding steroid dienone is 1. The van der Waals surface area contributed by atoms with Crippen LogP contribution < -0.4 is 0 Å². The van der Waals surface area contributed by atoms with Crippen LogP contribution in [0.1, 0.15) is 52.1 Å². The number of carbonyl (C=O) groups excluding carboxylic acids is 1. The third kappa shape index (κ3) is 4.29. The molecule has 9 heteroatoms. The number of Topliss-reactive ketones (excluding diaryl/α,β-unsaturated/α-hetero) is 1. The number of pyridine rings is 1. The molecule has 2 aliphatic rings. The predicted molar refractivity (Wildman–Crippen MR) is 147 cm³/mol. The fourth-order valence-electron chi connectivity index (χ4n) is 6.01. The molecule has 2 aromatic heterocycles. The standard InChI is InChI=1S/C31H27F2N3O3S/c1-19-11-12-34-28(13-19)30(37)31-16-21-18-35-36(24-6-4-23(32)5-7-24)29(21)15-22(31)3-8-26(17-31)40(38,39)25-9-10-27(33)20(2)14-25/h4-7,9-15,18,26H,3,8,16-17H2,1-2H3/t26-,31+/m1/s1. The lowest BCUT2D eigenvalue weighted by Gasteiger charge is -2.43. The van der Waals surface area contributed by atoms with Crippen molar-refractivity contribution in [2.24, 2.45) is 5.41 Å². The number of benzene rings is 2. The fourth-order valence-corrected chi connectivity index (χ4v) is 7.93. The van der Waals surface area contributed by atoms with Crippen LogP contribution in [0.15, 0.2) is 77.5 Å². The topological polar surface area (TPSA) is 81.9 Å². The smallest absolute Gasteiger partial charge is 0.191 e. The summed E-state index contributed by atoms with van der Waals surface area (Å²) in [4.78, 5) is 18.7. The Kier molecular flexibility index (Phi) is 6.29. The summed E-state index contributed by atoms with van der Waals surface area (Å²) in [5.41, 5.74) is 3.39. The highest BCUT2D eigenvalue weighted by Crippen LogP contribution is 2.52. The maximum absolute atomic E-state index is 14.3. The maximum atomic E-state index is 14.3. The van der Waals surface area contributed by atoms with E-state index < -0.39 is 26.3 Å². The summed E-state index contributed by atoms with van der Waals surface area (Å²) in [6.45, 7) is 3.41. The highest BCUT2D eigenvalue weighted by molar-refractivity contribution is 7.92. The molecule has 0 amide bonds. The Bertz CT molecular complexity index is 1790. The van der Waals surface area contributed by atoms with E-state index in [0.717, 1.165) is 22.4 Å². The molecule has 0 unspecified atom stereocenters. The maximum Gasteiger partial charge on any atom is 0.191 e. The van der Waals surface area contributed by atoms with Gasteiger partial charge in [-0.3, -0.25) is 9.78 Å². The van der Waals surface area contributed by atoms with E-state index >= 15 is 0 Å². The van der Waals surface area contributed by atoms with Gasteiger partial charge in [0.2, 0.25) is 0 Å². The van der Waals surface area contributed by atoms with Gasteiger partial charge in [-0.05, 0) is 117 Å². The van der Waals surface area contributed by atoms with Gasteiger partial charge in [0.1, 0.15) is 17.3 Å². The quantitative estimate of drug-likeness (QED) is 0.221. The molecule has 2 aliphatic carbocycles. The van der Waals surface area contributed by atoms with Crippen LogP contribution >= 0.6 is 0 Å². The van der Waals surface area contributed by atoms with Gasteiger partial charge in [0.05, 0.1) is 33.1 Å². The van der Waals surface area contributed by atoms with Gasteiger partial charge in [-0.25, -0.2) is 21.9 Å². The third-order valence-corrected chi connectivity index (χ3v) is 10.4. The zero-order valence-corrected chi connectivity index (χ0v) is 22.9. The Balaban J connectivity index is 1.46. The van der Waals surface area contributed by atoms with E-state index in [1.807, 2.05) is 19.1 Å². The van der Waals surface area contributed by atoms with Gasteiger partial charge < -0.3 is 0 Å². The van der Waals surface area contributed by atoms with Crippen LogP contribution in [-0.4, -0.2) is 34.2 Å². The van der Waals surface area contributed by atoms with E-state index in [0.29, 0.717) is 18.5 Å². The van der Waals surface area contributed by atoms with Crippen LogP contribution in [0, 0.1) is 30.9 Å². The molecule has 204 valence electrons. The molecule has 4 aromatic rings. The number of nitrogens with zero attached hydrogens (tertiary/aromatic N) is 3. The number of rotatable bonds is 5. The minimum absolute atomic E-state index is 0.0562. The molecule has 0 saturated heterocycles. The van der Waals surface area contributed by atoms with Crippen molar-refractivity contribution >= 4 is 21.7 Å². The number of fused-ring (bicyclic) bond motifs is 2. The Morgan fingerprint density at radius 3 is 2.55 bits per heavy atom. The largest absolute Gasteiger partial charge is 0.291 e. The average molecular weight is 560 g/mol. The van der Waals surface area contributed by atoms with Gasteiger partial charge in [-0.1, -0.05) is 5.57 Å². The summed E-state index contributed by atoms with van der Waals surface area (Å²) in [5, 5.41) is 3.70. The first-order valence-corrected chi connectivity index (χ1v) is 14.6. The minimum atomic E-state index is -3.86.